The molecule has 0 aliphatic heterocycles. The van der Waals surface area contributed by atoms with Crippen molar-refractivity contribution in [3.63, 3.8) is 0 Å². The van der Waals surface area contributed by atoms with E-state index in [4.69, 9.17) is 21.1 Å². The fourth-order valence-electron chi connectivity index (χ4n) is 2.41. The van der Waals surface area contributed by atoms with Crippen LogP contribution in [0, 0.1) is 0 Å². The molecule has 8 nitrogen and oxygen atoms in total. The minimum absolute atomic E-state index is 0.286. The van der Waals surface area contributed by atoms with Gasteiger partial charge in [0.05, 0.1) is 25.5 Å². The summed E-state index contributed by atoms with van der Waals surface area (Å²) in [6.07, 6.45) is 1.41. The lowest BCUT2D eigenvalue weighted by Crippen LogP contribution is -2.24. The molecule has 0 saturated heterocycles. The molecule has 1 amide bonds. The highest BCUT2D eigenvalue weighted by molar-refractivity contribution is 6.31. The van der Waals surface area contributed by atoms with Crippen molar-refractivity contribution in [3.05, 3.63) is 58.9 Å². The second-order valence-corrected chi connectivity index (χ2v) is 5.76. The number of rotatable bonds is 6. The van der Waals surface area contributed by atoms with Gasteiger partial charge in [-0.2, -0.15) is 4.68 Å². The predicted octanol–water partition coefficient (Wildman–Crippen LogP) is 2.26. The van der Waals surface area contributed by atoms with E-state index in [9.17, 15) is 4.79 Å². The summed E-state index contributed by atoms with van der Waals surface area (Å²) in [6, 6.07) is 10.3. The Morgan fingerprint density at radius 3 is 2.50 bits per heavy atom. The molecule has 1 heterocycles. The first kappa shape index (κ1) is 17.7. The fraction of sp³-hybridized carbons (Fsp3) is 0.176. The zero-order valence-corrected chi connectivity index (χ0v) is 14.9. The zero-order chi connectivity index (χ0) is 18.5. The molecule has 0 atom stereocenters. The van der Waals surface area contributed by atoms with E-state index in [0.29, 0.717) is 27.8 Å². The number of carbonyl (C=O) groups is 1. The summed E-state index contributed by atoms with van der Waals surface area (Å²) in [6.45, 7) is 0.286. The van der Waals surface area contributed by atoms with E-state index < -0.39 is 0 Å². The van der Waals surface area contributed by atoms with Gasteiger partial charge < -0.3 is 14.8 Å². The lowest BCUT2D eigenvalue weighted by atomic mass is 10.1. The Bertz CT molecular complexity index is 893. The summed E-state index contributed by atoms with van der Waals surface area (Å²) in [4.78, 5) is 12.7. The van der Waals surface area contributed by atoms with Crippen molar-refractivity contribution in [3.8, 4) is 17.2 Å². The Morgan fingerprint density at radius 1 is 1.15 bits per heavy atom. The van der Waals surface area contributed by atoms with E-state index >= 15 is 0 Å². The van der Waals surface area contributed by atoms with Gasteiger partial charge in [-0.3, -0.25) is 4.79 Å². The molecule has 3 aromatic rings. The average Bonchev–Trinajstić information content (AvgIpc) is 3.20. The van der Waals surface area contributed by atoms with Crippen LogP contribution in [0.1, 0.15) is 15.9 Å². The Kier molecular flexibility index (Phi) is 5.33. The zero-order valence-electron chi connectivity index (χ0n) is 14.1. The molecule has 0 fully saturated rings. The van der Waals surface area contributed by atoms with Crippen LogP contribution in [0.2, 0.25) is 5.02 Å². The van der Waals surface area contributed by atoms with Crippen LogP contribution in [-0.2, 0) is 6.54 Å². The maximum atomic E-state index is 12.7. The molecule has 0 spiro atoms. The largest absolute Gasteiger partial charge is 0.497 e. The van der Waals surface area contributed by atoms with Crippen molar-refractivity contribution in [2.24, 2.45) is 0 Å². The highest BCUT2D eigenvalue weighted by Gasteiger charge is 2.15. The van der Waals surface area contributed by atoms with Gasteiger partial charge in [0, 0.05) is 17.6 Å². The topological polar surface area (TPSA) is 91.2 Å². The monoisotopic (exact) mass is 373 g/mol. The Morgan fingerprint density at radius 2 is 1.88 bits per heavy atom. The maximum Gasteiger partial charge on any atom is 0.253 e. The van der Waals surface area contributed by atoms with Gasteiger partial charge in [-0.05, 0) is 46.3 Å². The first-order valence-electron chi connectivity index (χ1n) is 7.64. The number of benzene rings is 2. The highest BCUT2D eigenvalue weighted by atomic mass is 35.5. The van der Waals surface area contributed by atoms with E-state index in [-0.39, 0.29) is 12.5 Å². The van der Waals surface area contributed by atoms with Crippen LogP contribution in [-0.4, -0.2) is 40.3 Å². The summed E-state index contributed by atoms with van der Waals surface area (Å²) >= 11 is 6.04. The van der Waals surface area contributed by atoms with Crippen LogP contribution in [0.15, 0.2) is 42.7 Å². The Balaban J connectivity index is 1.82. The van der Waals surface area contributed by atoms with Crippen molar-refractivity contribution >= 4 is 17.5 Å². The van der Waals surface area contributed by atoms with Gasteiger partial charge in [0.1, 0.15) is 17.8 Å². The number of ether oxygens (including phenoxy) is 2. The third-order valence-corrected chi connectivity index (χ3v) is 3.90. The van der Waals surface area contributed by atoms with Crippen LogP contribution in [0.4, 0.5) is 0 Å². The molecular weight excluding hydrogens is 358 g/mol. The number of nitrogens with zero attached hydrogens (tertiary/aromatic N) is 4. The molecule has 0 unspecified atom stereocenters. The van der Waals surface area contributed by atoms with Crippen LogP contribution in [0.25, 0.3) is 5.69 Å². The van der Waals surface area contributed by atoms with Gasteiger partial charge in [-0.15, -0.1) is 5.10 Å². The lowest BCUT2D eigenvalue weighted by Gasteiger charge is -2.12. The Labute approximate surface area is 154 Å². The number of hydrogen-bond donors (Lipinski definition) is 1. The molecule has 0 aliphatic carbocycles. The predicted molar refractivity (Wildman–Crippen MR) is 94.9 cm³/mol. The van der Waals surface area contributed by atoms with E-state index in [0.717, 1.165) is 5.56 Å². The standard InChI is InChI=1S/C17H16ClN5O3/c1-25-13-5-11(6-14(8-13)26-2)9-19-17(24)15-7-12(18)3-4-16(15)23-10-20-21-22-23/h3-8,10H,9H2,1-2H3,(H,19,24). The lowest BCUT2D eigenvalue weighted by molar-refractivity contribution is 0.0950. The molecule has 9 heteroatoms. The quantitative estimate of drug-likeness (QED) is 0.712. The molecule has 0 radical (unpaired) electrons. The summed E-state index contributed by atoms with van der Waals surface area (Å²) in [5.41, 5.74) is 1.72. The number of hydrogen-bond acceptors (Lipinski definition) is 6. The second-order valence-electron chi connectivity index (χ2n) is 5.32. The normalized spacial score (nSPS) is 10.4. The highest BCUT2D eigenvalue weighted by Crippen LogP contribution is 2.23. The molecule has 0 bridgehead atoms. The number of amides is 1. The van der Waals surface area contributed by atoms with Crippen LogP contribution in [0.5, 0.6) is 11.5 Å². The van der Waals surface area contributed by atoms with Gasteiger partial charge in [-0.1, -0.05) is 11.6 Å². The molecule has 3 rings (SSSR count). The SMILES string of the molecule is COc1cc(CNC(=O)c2cc(Cl)ccc2-n2cnnn2)cc(OC)c1. The third kappa shape index (κ3) is 3.92. The molecule has 26 heavy (non-hydrogen) atoms. The third-order valence-electron chi connectivity index (χ3n) is 3.66. The van der Waals surface area contributed by atoms with E-state index in [1.807, 2.05) is 12.1 Å². The van der Waals surface area contributed by atoms with Crippen molar-refractivity contribution in [1.29, 1.82) is 0 Å². The summed E-state index contributed by atoms with van der Waals surface area (Å²) in [7, 11) is 3.14. The minimum atomic E-state index is -0.306. The van der Waals surface area contributed by atoms with Gasteiger partial charge in [0.25, 0.3) is 5.91 Å². The van der Waals surface area contributed by atoms with Crippen LogP contribution < -0.4 is 14.8 Å². The average molecular weight is 374 g/mol. The van der Waals surface area contributed by atoms with Crippen molar-refractivity contribution in [2.75, 3.05) is 14.2 Å². The van der Waals surface area contributed by atoms with Crippen molar-refractivity contribution < 1.29 is 14.3 Å². The van der Waals surface area contributed by atoms with Gasteiger partial charge in [0.15, 0.2) is 0 Å². The second kappa shape index (κ2) is 7.83. The first-order valence-corrected chi connectivity index (χ1v) is 8.01. The van der Waals surface area contributed by atoms with Crippen molar-refractivity contribution in [1.82, 2.24) is 25.5 Å². The fourth-order valence-corrected chi connectivity index (χ4v) is 2.58. The van der Waals surface area contributed by atoms with Gasteiger partial charge in [-0.25, -0.2) is 0 Å². The van der Waals surface area contributed by atoms with Gasteiger partial charge in [0.2, 0.25) is 0 Å². The molecule has 134 valence electrons. The summed E-state index contributed by atoms with van der Waals surface area (Å²) < 4.78 is 11.9. The first-order chi connectivity index (χ1) is 12.6. The molecule has 0 saturated carbocycles. The summed E-state index contributed by atoms with van der Waals surface area (Å²) in [5.74, 6) is 0.983. The van der Waals surface area contributed by atoms with E-state index in [1.165, 1.54) is 11.0 Å². The molecule has 1 aromatic heterocycles. The Hall–Kier alpha value is -3.13. The van der Waals surface area contributed by atoms with E-state index in [2.05, 4.69) is 20.8 Å². The number of methoxy groups -OCH3 is 2. The molecule has 2 aromatic carbocycles. The number of halogens is 1. The van der Waals surface area contributed by atoms with Gasteiger partial charge >= 0.3 is 0 Å². The smallest absolute Gasteiger partial charge is 0.253 e. The van der Waals surface area contributed by atoms with E-state index in [1.54, 1.807) is 38.5 Å². The molecule has 1 N–H and O–H groups in total. The number of tetrazole rings is 1. The number of nitrogens with one attached hydrogen (secondary N) is 1. The maximum absolute atomic E-state index is 12.7. The minimum Gasteiger partial charge on any atom is -0.497 e. The summed E-state index contributed by atoms with van der Waals surface area (Å²) in [5, 5.41) is 14.3. The molecular formula is C17H16ClN5O3. The number of aromatic nitrogens is 4. The van der Waals surface area contributed by atoms with Crippen molar-refractivity contribution in [2.45, 2.75) is 6.54 Å². The molecule has 0 aliphatic rings. The number of carbonyl (C=O) groups excluding carboxylic acids is 1. The van der Waals surface area contributed by atoms with Crippen LogP contribution in [0.3, 0.4) is 0 Å². The van der Waals surface area contributed by atoms with Crippen LogP contribution >= 0.6 is 11.6 Å².